The first kappa shape index (κ1) is 9.78. The maximum Gasteiger partial charge on any atom is 0.343 e. The van der Waals surface area contributed by atoms with Gasteiger partial charge in [-0.05, 0) is 23.9 Å². The van der Waals surface area contributed by atoms with E-state index in [0.29, 0.717) is 11.0 Å². The number of hydrogen-bond acceptors (Lipinski definition) is 5. The monoisotopic (exact) mass is 223 g/mol. The van der Waals surface area contributed by atoms with Gasteiger partial charge in [0.15, 0.2) is 5.16 Å². The average molecular weight is 223 g/mol. The summed E-state index contributed by atoms with van der Waals surface area (Å²) in [6, 6.07) is 3.53. The number of rotatable bonds is 2. The quantitative estimate of drug-likeness (QED) is 0.761. The molecule has 2 heterocycles. The van der Waals surface area contributed by atoms with Gasteiger partial charge in [-0.2, -0.15) is 0 Å². The van der Waals surface area contributed by atoms with E-state index in [1.54, 1.807) is 19.3 Å². The SMILES string of the molecule is Cn1c(Sc2ccc(N)nc2)n[nH]c1=O. The zero-order valence-corrected chi connectivity index (χ0v) is 8.78. The van der Waals surface area contributed by atoms with E-state index in [4.69, 9.17) is 5.73 Å². The fourth-order valence-corrected chi connectivity index (χ4v) is 1.74. The van der Waals surface area contributed by atoms with Crippen molar-refractivity contribution < 1.29 is 0 Å². The van der Waals surface area contributed by atoms with E-state index >= 15 is 0 Å². The minimum Gasteiger partial charge on any atom is -0.384 e. The first-order chi connectivity index (χ1) is 7.16. The summed E-state index contributed by atoms with van der Waals surface area (Å²) in [4.78, 5) is 15.9. The van der Waals surface area contributed by atoms with Gasteiger partial charge < -0.3 is 5.73 Å². The number of aromatic nitrogens is 4. The van der Waals surface area contributed by atoms with Crippen molar-refractivity contribution in [2.45, 2.75) is 10.1 Å². The molecule has 0 spiro atoms. The third kappa shape index (κ3) is 2.01. The number of aromatic amines is 1. The van der Waals surface area contributed by atoms with E-state index in [2.05, 4.69) is 15.2 Å². The highest BCUT2D eigenvalue weighted by molar-refractivity contribution is 7.99. The Hall–Kier alpha value is -1.76. The van der Waals surface area contributed by atoms with Gasteiger partial charge in [0.25, 0.3) is 0 Å². The van der Waals surface area contributed by atoms with E-state index < -0.39 is 0 Å². The topological polar surface area (TPSA) is 89.6 Å². The van der Waals surface area contributed by atoms with Gasteiger partial charge in [0, 0.05) is 18.1 Å². The van der Waals surface area contributed by atoms with Crippen molar-refractivity contribution in [3.8, 4) is 0 Å². The smallest absolute Gasteiger partial charge is 0.343 e. The van der Waals surface area contributed by atoms with Crippen LogP contribution in [0.3, 0.4) is 0 Å². The number of nitrogens with two attached hydrogens (primary N) is 1. The van der Waals surface area contributed by atoms with E-state index in [-0.39, 0.29) is 5.69 Å². The van der Waals surface area contributed by atoms with E-state index in [1.807, 2.05) is 6.07 Å². The van der Waals surface area contributed by atoms with Crippen LogP contribution in [0.1, 0.15) is 0 Å². The van der Waals surface area contributed by atoms with Crippen molar-refractivity contribution in [1.82, 2.24) is 19.7 Å². The van der Waals surface area contributed by atoms with Gasteiger partial charge in [0.2, 0.25) is 0 Å². The predicted molar refractivity (Wildman–Crippen MR) is 56.6 cm³/mol. The third-order valence-corrected chi connectivity index (χ3v) is 2.83. The lowest BCUT2D eigenvalue weighted by atomic mass is 10.5. The van der Waals surface area contributed by atoms with Gasteiger partial charge in [-0.15, -0.1) is 5.10 Å². The number of hydrogen-bond donors (Lipinski definition) is 2. The summed E-state index contributed by atoms with van der Waals surface area (Å²) in [5.41, 5.74) is 5.22. The Morgan fingerprint density at radius 3 is 2.87 bits per heavy atom. The lowest BCUT2D eigenvalue weighted by Crippen LogP contribution is -2.12. The Morgan fingerprint density at radius 1 is 1.53 bits per heavy atom. The zero-order valence-electron chi connectivity index (χ0n) is 7.97. The molecule has 0 aliphatic heterocycles. The molecular weight excluding hydrogens is 214 g/mol. The third-order valence-electron chi connectivity index (χ3n) is 1.81. The molecule has 2 aromatic heterocycles. The van der Waals surface area contributed by atoms with Crippen molar-refractivity contribution in [1.29, 1.82) is 0 Å². The maximum absolute atomic E-state index is 11.1. The standard InChI is InChI=1S/C8H9N5OS/c1-13-7(14)11-12-8(13)15-5-2-3-6(9)10-4-5/h2-4H,1H3,(H2,9,10)(H,11,14). The van der Waals surface area contributed by atoms with Crippen LogP contribution in [0.25, 0.3) is 0 Å². The Bertz CT molecular complexity index is 515. The molecule has 0 unspecified atom stereocenters. The van der Waals surface area contributed by atoms with Gasteiger partial charge in [-0.3, -0.25) is 4.57 Å². The summed E-state index contributed by atoms with van der Waals surface area (Å²) in [5.74, 6) is 0.468. The Labute approximate surface area is 89.5 Å². The molecule has 0 amide bonds. The molecular formula is C8H9N5OS. The average Bonchev–Trinajstić information content (AvgIpc) is 2.53. The molecule has 6 nitrogen and oxygen atoms in total. The summed E-state index contributed by atoms with van der Waals surface area (Å²) in [5, 5.41) is 6.81. The van der Waals surface area contributed by atoms with Gasteiger partial charge in [0.1, 0.15) is 5.82 Å². The number of nitrogens with zero attached hydrogens (tertiary/aromatic N) is 3. The molecule has 0 saturated heterocycles. The number of anilines is 1. The van der Waals surface area contributed by atoms with Crippen LogP contribution in [0.2, 0.25) is 0 Å². The molecule has 0 bridgehead atoms. The van der Waals surface area contributed by atoms with Gasteiger partial charge >= 0.3 is 5.69 Å². The molecule has 0 fully saturated rings. The molecule has 15 heavy (non-hydrogen) atoms. The Kier molecular flexibility index (Phi) is 2.46. The van der Waals surface area contributed by atoms with Crippen molar-refractivity contribution in [3.63, 3.8) is 0 Å². The van der Waals surface area contributed by atoms with Crippen molar-refractivity contribution in [2.24, 2.45) is 7.05 Å². The second kappa shape index (κ2) is 3.77. The highest BCUT2D eigenvalue weighted by atomic mass is 32.2. The van der Waals surface area contributed by atoms with Crippen LogP contribution in [0.4, 0.5) is 5.82 Å². The second-order valence-corrected chi connectivity index (χ2v) is 3.93. The van der Waals surface area contributed by atoms with Gasteiger partial charge in [-0.1, -0.05) is 0 Å². The summed E-state index contributed by atoms with van der Waals surface area (Å²) >= 11 is 1.35. The molecule has 0 radical (unpaired) electrons. The molecule has 2 aromatic rings. The van der Waals surface area contributed by atoms with Crippen molar-refractivity contribution in [3.05, 3.63) is 28.8 Å². The molecule has 0 atom stereocenters. The Balaban J connectivity index is 2.26. The Morgan fingerprint density at radius 2 is 2.33 bits per heavy atom. The fourth-order valence-electron chi connectivity index (χ4n) is 0.981. The highest BCUT2D eigenvalue weighted by Gasteiger charge is 2.05. The van der Waals surface area contributed by atoms with Crippen molar-refractivity contribution in [2.75, 3.05) is 5.73 Å². The molecule has 7 heteroatoms. The number of nitrogens with one attached hydrogen (secondary N) is 1. The van der Waals surface area contributed by atoms with Crippen LogP contribution in [0.15, 0.2) is 33.2 Å². The molecule has 0 aliphatic rings. The molecule has 2 rings (SSSR count). The van der Waals surface area contributed by atoms with Gasteiger partial charge in [0.05, 0.1) is 0 Å². The number of H-pyrrole nitrogens is 1. The second-order valence-electron chi connectivity index (χ2n) is 2.89. The van der Waals surface area contributed by atoms with Crippen LogP contribution < -0.4 is 11.4 Å². The lowest BCUT2D eigenvalue weighted by molar-refractivity contribution is 0.766. The largest absolute Gasteiger partial charge is 0.384 e. The number of nitrogen functional groups attached to an aromatic ring is 1. The molecule has 3 N–H and O–H groups in total. The van der Waals surface area contributed by atoms with Crippen LogP contribution in [0, 0.1) is 0 Å². The minimum absolute atomic E-state index is 0.235. The first-order valence-corrected chi connectivity index (χ1v) is 4.99. The van der Waals surface area contributed by atoms with E-state index in [0.717, 1.165) is 4.90 Å². The summed E-state index contributed by atoms with van der Waals surface area (Å²) < 4.78 is 1.43. The van der Waals surface area contributed by atoms with Crippen LogP contribution in [0.5, 0.6) is 0 Å². The van der Waals surface area contributed by atoms with E-state index in [1.165, 1.54) is 16.3 Å². The van der Waals surface area contributed by atoms with Gasteiger partial charge in [-0.25, -0.2) is 14.9 Å². The summed E-state index contributed by atoms with van der Waals surface area (Å²) in [6.45, 7) is 0. The molecule has 0 saturated carbocycles. The first-order valence-electron chi connectivity index (χ1n) is 4.17. The lowest BCUT2D eigenvalue weighted by Gasteiger charge is -1.99. The normalized spacial score (nSPS) is 10.5. The van der Waals surface area contributed by atoms with Crippen LogP contribution in [-0.2, 0) is 7.05 Å². The maximum atomic E-state index is 11.1. The predicted octanol–water partition coefficient (Wildman–Crippen LogP) is 0.237. The summed E-state index contributed by atoms with van der Waals surface area (Å²) in [6.07, 6.45) is 1.64. The zero-order chi connectivity index (χ0) is 10.8. The molecule has 0 aromatic carbocycles. The fraction of sp³-hybridized carbons (Fsp3) is 0.125. The minimum atomic E-state index is -0.235. The highest BCUT2D eigenvalue weighted by Crippen LogP contribution is 2.23. The van der Waals surface area contributed by atoms with E-state index in [9.17, 15) is 4.79 Å². The summed E-state index contributed by atoms with van der Waals surface area (Å²) in [7, 11) is 1.65. The molecule has 0 aliphatic carbocycles. The van der Waals surface area contributed by atoms with Crippen LogP contribution >= 0.6 is 11.8 Å². The molecule has 78 valence electrons. The van der Waals surface area contributed by atoms with Crippen molar-refractivity contribution >= 4 is 17.6 Å². The van der Waals surface area contributed by atoms with Crippen LogP contribution in [-0.4, -0.2) is 19.7 Å². The number of pyridine rings is 1.